The Kier molecular flexibility index (Phi) is 9.40. The Labute approximate surface area is 435 Å². The third kappa shape index (κ3) is 5.61. The van der Waals surface area contributed by atoms with E-state index < -0.39 is 11.0 Å². The molecule has 0 amide bonds. The van der Waals surface area contributed by atoms with E-state index >= 15 is 0 Å². The van der Waals surface area contributed by atoms with Crippen molar-refractivity contribution in [3.05, 3.63) is 209 Å². The van der Waals surface area contributed by atoms with Crippen LogP contribution in [0.2, 0.25) is 5.25 Å². The first-order valence-corrected chi connectivity index (χ1v) is 39.2. The van der Waals surface area contributed by atoms with E-state index in [2.05, 4.69) is 230 Å². The predicted octanol–water partition coefficient (Wildman–Crippen LogP) is 18.4. The van der Waals surface area contributed by atoms with E-state index in [1.165, 1.54) is 38.5 Å². The molecule has 9 aliphatic carbocycles. The third-order valence-corrected chi connectivity index (χ3v) is 62.1. The SMILES string of the molecule is CC1(C)CCC(C)(C)c2cc3c(cc21)C1c2cc4c(cc2C3([CH2][Ge]2([C]35c6ccccc6C(c6ccccc63)c3ccccc35)[S]SS[S]2)c2cc3c(cc21)C(C)(C)CCC3(C)C)C(C)(C)CCC4(C)C. The van der Waals surface area contributed by atoms with Gasteiger partial charge < -0.3 is 0 Å². The topological polar surface area (TPSA) is 0 Å². The summed E-state index contributed by atoms with van der Waals surface area (Å²) < 4.78 is -0.228. The van der Waals surface area contributed by atoms with Crippen molar-refractivity contribution in [2.45, 2.75) is 181 Å². The molecule has 0 saturated carbocycles. The van der Waals surface area contributed by atoms with Crippen LogP contribution in [0.25, 0.3) is 0 Å². The van der Waals surface area contributed by atoms with Gasteiger partial charge in [-0.3, -0.25) is 0 Å². The van der Waals surface area contributed by atoms with Gasteiger partial charge in [0.15, 0.2) is 0 Å². The normalized spacial score (nSPS) is 29.0. The van der Waals surface area contributed by atoms with Gasteiger partial charge >= 0.3 is 439 Å². The van der Waals surface area contributed by atoms with Crippen LogP contribution in [0.15, 0.2) is 109 Å². The van der Waals surface area contributed by atoms with Gasteiger partial charge in [0.1, 0.15) is 0 Å². The molecule has 6 aromatic carbocycles. The van der Waals surface area contributed by atoms with Crippen molar-refractivity contribution >= 4 is 48.9 Å². The fourth-order valence-electron chi connectivity index (χ4n) is 16.6. The number of hydrogen-bond acceptors (Lipinski definition) is 4. The van der Waals surface area contributed by atoms with Crippen molar-refractivity contribution in [2.75, 3.05) is 0 Å². The van der Waals surface area contributed by atoms with E-state index in [0.717, 1.165) is 5.25 Å². The summed E-state index contributed by atoms with van der Waals surface area (Å²) in [5.74, 6) is 0.463. The monoisotopic (exact) mass is 1050 g/mol. The van der Waals surface area contributed by atoms with Crippen molar-refractivity contribution in [3.8, 4) is 0 Å². The zero-order valence-electron chi connectivity index (χ0n) is 43.6. The summed E-state index contributed by atoms with van der Waals surface area (Å²) in [6.07, 6.45) is 7.34. The fourth-order valence-corrected chi connectivity index (χ4v) is 78.5. The second-order valence-corrected chi connectivity index (χ2v) is 52.5. The molecule has 0 aromatic heterocycles. The van der Waals surface area contributed by atoms with E-state index in [-0.39, 0.29) is 54.0 Å². The van der Waals surface area contributed by atoms with Gasteiger partial charge in [0, 0.05) is 0 Å². The Morgan fingerprint density at radius 3 is 0.929 bits per heavy atom. The van der Waals surface area contributed by atoms with E-state index in [1.54, 1.807) is 100 Å². The summed E-state index contributed by atoms with van der Waals surface area (Å²) in [5.41, 5.74) is 29.3. The molecule has 16 rings (SSSR count). The van der Waals surface area contributed by atoms with Gasteiger partial charge in [-0.15, -0.1) is 0 Å². The van der Waals surface area contributed by atoms with Gasteiger partial charge in [-0.05, 0) is 0 Å². The summed E-state index contributed by atoms with van der Waals surface area (Å²) in [6, 6.07) is 46.8. The first kappa shape index (κ1) is 45.8. The minimum absolute atomic E-state index is 0.0894. The Hall–Kier alpha value is -2.74. The Balaban J connectivity index is 1.18. The van der Waals surface area contributed by atoms with Crippen LogP contribution in [0.5, 0.6) is 0 Å². The van der Waals surface area contributed by atoms with E-state index in [1.807, 2.05) is 0 Å². The van der Waals surface area contributed by atoms with Crippen LogP contribution in [0.3, 0.4) is 0 Å². The standard InChI is InChI=1S/C65H70GeS4/c1-58(2)25-28-61(7,8)53-34-47-41(31-50(53)58)57-42-32-51-54(62(9,10)29-26-59(51,3)4)35-48(42)64(47,49-36-55-52(33-43(49)57)60(5,6)27-30-63(55,11)12)37-66(67-69-70-68-66)65-44-22-16-13-19-38(44)56(39-20-14-17-23-45(39)65)40-21-15-18-24-46(40)65/h13-24,31-36,56-57H,25-30,37H2,1-12H3. The van der Waals surface area contributed by atoms with Crippen LogP contribution in [0.4, 0.5) is 0 Å². The first-order valence-electron chi connectivity index (χ1n) is 26.7. The van der Waals surface area contributed by atoms with E-state index in [4.69, 9.17) is 0 Å². The number of rotatable bonds is 3. The molecule has 1 fully saturated rings. The zero-order valence-corrected chi connectivity index (χ0v) is 49.0. The molecule has 0 N–H and O–H groups in total. The number of fused-ring (bicyclic) bond motifs is 3. The molecule has 1 heterocycles. The van der Waals surface area contributed by atoms with Crippen LogP contribution >= 0.6 is 37.9 Å². The molecule has 0 nitrogen and oxygen atoms in total. The first-order chi connectivity index (χ1) is 33.1. The van der Waals surface area contributed by atoms with Crippen molar-refractivity contribution in [1.29, 1.82) is 0 Å². The summed E-state index contributed by atoms with van der Waals surface area (Å²) in [6.45, 7) is 30.8. The molecular formula is C65H70GeS4. The molecule has 70 heavy (non-hydrogen) atoms. The second-order valence-electron chi connectivity index (χ2n) is 27.3. The number of benzene rings is 6. The van der Waals surface area contributed by atoms with Crippen LogP contribution in [0.1, 0.15) is 234 Å². The molecule has 358 valence electrons. The number of hydrogen-bond donors (Lipinski definition) is 0. The fraction of sp³-hybridized carbons (Fsp3) is 0.446. The van der Waals surface area contributed by atoms with Crippen LogP contribution in [0, 0.1) is 0 Å². The Morgan fingerprint density at radius 2 is 0.614 bits per heavy atom. The van der Waals surface area contributed by atoms with Crippen LogP contribution in [-0.4, -0.2) is 11.0 Å². The molecule has 0 spiro atoms. The van der Waals surface area contributed by atoms with E-state index in [9.17, 15) is 0 Å². The summed E-state index contributed by atoms with van der Waals surface area (Å²) in [7, 11) is 5.40. The van der Waals surface area contributed by atoms with Gasteiger partial charge in [0.05, 0.1) is 0 Å². The van der Waals surface area contributed by atoms with Gasteiger partial charge in [-0.25, -0.2) is 0 Å². The van der Waals surface area contributed by atoms with Crippen molar-refractivity contribution in [1.82, 2.24) is 0 Å². The van der Waals surface area contributed by atoms with Gasteiger partial charge in [0.2, 0.25) is 0 Å². The van der Waals surface area contributed by atoms with Crippen molar-refractivity contribution < 1.29 is 0 Å². The quantitative estimate of drug-likeness (QED) is 0.128. The van der Waals surface area contributed by atoms with Crippen molar-refractivity contribution in [2.24, 2.45) is 0 Å². The molecule has 4 bridgehead atoms. The molecule has 5 heteroatoms. The molecular weight excluding hydrogens is 982 g/mol. The van der Waals surface area contributed by atoms with Gasteiger partial charge in [0.25, 0.3) is 0 Å². The predicted molar refractivity (Wildman–Crippen MR) is 307 cm³/mol. The summed E-state index contributed by atoms with van der Waals surface area (Å²) in [5, 5.41) is 1.16. The zero-order chi connectivity index (χ0) is 48.6. The second kappa shape index (κ2) is 14.3. The van der Waals surface area contributed by atoms with Crippen molar-refractivity contribution in [3.63, 3.8) is 0 Å². The minimum atomic E-state index is -3.66. The third-order valence-electron chi connectivity index (χ3n) is 20.8. The van der Waals surface area contributed by atoms with Gasteiger partial charge in [-0.2, -0.15) is 0 Å². The molecule has 0 unspecified atom stereocenters. The summed E-state index contributed by atoms with van der Waals surface area (Å²) >= 11 is 0. The summed E-state index contributed by atoms with van der Waals surface area (Å²) in [4.78, 5) is 0. The van der Waals surface area contributed by atoms with Gasteiger partial charge in [-0.1, -0.05) is 0 Å². The molecule has 6 aromatic rings. The molecule has 10 aliphatic rings. The maximum absolute atomic E-state index is 3.66. The maximum atomic E-state index is 2.90. The van der Waals surface area contributed by atoms with Crippen LogP contribution in [-0.2, 0) is 42.2 Å². The average Bonchev–Trinajstić information content (AvgIpc) is 3.82. The molecule has 1 saturated heterocycles. The van der Waals surface area contributed by atoms with E-state index in [0.29, 0.717) is 0 Å². The molecule has 1 aliphatic heterocycles. The van der Waals surface area contributed by atoms with Crippen LogP contribution < -0.4 is 0 Å². The Morgan fingerprint density at radius 1 is 0.343 bits per heavy atom. The Bertz CT molecular complexity index is 2970. The average molecular weight is 1050 g/mol. The molecule has 0 atom stereocenters. The molecule has 0 radical (unpaired) electrons.